The molecule has 0 unspecified atom stereocenters. The Balaban J connectivity index is 1.95. The predicted molar refractivity (Wildman–Crippen MR) is 111 cm³/mol. The van der Waals surface area contributed by atoms with Crippen LogP contribution in [0.5, 0.6) is 0 Å². The first-order valence-corrected chi connectivity index (χ1v) is 9.41. The normalized spacial score (nSPS) is 12.6. The van der Waals surface area contributed by atoms with Crippen LogP contribution in [0.1, 0.15) is 18.1 Å². The largest absolute Gasteiger partial charge is 0.316 e. The summed E-state index contributed by atoms with van der Waals surface area (Å²) in [4.78, 5) is 0. The van der Waals surface area contributed by atoms with Crippen molar-refractivity contribution in [2.75, 3.05) is 13.6 Å². The summed E-state index contributed by atoms with van der Waals surface area (Å²) >= 11 is 1.87. The molecule has 1 heterocycles. The van der Waals surface area contributed by atoms with Crippen molar-refractivity contribution in [3.05, 3.63) is 89.5 Å². The van der Waals surface area contributed by atoms with E-state index in [0.29, 0.717) is 0 Å². The van der Waals surface area contributed by atoms with Gasteiger partial charge in [-0.1, -0.05) is 60.2 Å². The third-order valence-electron chi connectivity index (χ3n) is 4.60. The molecule has 1 nitrogen and oxygen atoms in total. The van der Waals surface area contributed by atoms with E-state index in [4.69, 9.17) is 0 Å². The van der Waals surface area contributed by atoms with Gasteiger partial charge in [0.15, 0.2) is 0 Å². The lowest BCUT2D eigenvalue weighted by Gasteiger charge is -2.14. The zero-order valence-electron chi connectivity index (χ0n) is 14.5. The highest BCUT2D eigenvalue weighted by Gasteiger charge is 2.11. The lowest BCUT2D eigenvalue weighted by atomic mass is 9.92. The summed E-state index contributed by atoms with van der Waals surface area (Å²) in [6.45, 7) is 3.10. The average Bonchev–Trinajstić information content (AvgIpc) is 3.01. The second kappa shape index (κ2) is 6.83. The molecule has 0 aliphatic heterocycles. The van der Waals surface area contributed by atoms with Crippen molar-refractivity contribution >= 4 is 37.1 Å². The van der Waals surface area contributed by atoms with Crippen LogP contribution in [0.3, 0.4) is 0 Å². The average molecular weight is 343 g/mol. The standard InChI is InChI=1S/C23H21NS/c1-16(15-24-2)23(17-8-4-3-5-9-17)18-12-13-22-20(14-18)19-10-6-7-11-21(19)25-22/h3-14,24H,15H2,1-2H3. The van der Waals surface area contributed by atoms with E-state index >= 15 is 0 Å². The number of hydrogen-bond donors (Lipinski definition) is 1. The molecule has 25 heavy (non-hydrogen) atoms. The molecule has 1 aromatic heterocycles. The minimum atomic E-state index is 0.882. The minimum Gasteiger partial charge on any atom is -0.316 e. The lowest BCUT2D eigenvalue weighted by Crippen LogP contribution is -2.10. The third-order valence-corrected chi connectivity index (χ3v) is 5.75. The number of nitrogens with one attached hydrogen (secondary N) is 1. The maximum absolute atomic E-state index is 3.29. The first-order valence-electron chi connectivity index (χ1n) is 8.59. The molecule has 0 saturated heterocycles. The number of thiophene rings is 1. The van der Waals surface area contributed by atoms with Gasteiger partial charge in [0.05, 0.1) is 0 Å². The molecule has 4 aromatic rings. The van der Waals surface area contributed by atoms with E-state index in [1.54, 1.807) is 0 Å². The van der Waals surface area contributed by atoms with Gasteiger partial charge in [0, 0.05) is 26.7 Å². The molecule has 0 bridgehead atoms. The van der Waals surface area contributed by atoms with Crippen molar-refractivity contribution in [1.29, 1.82) is 0 Å². The summed E-state index contributed by atoms with van der Waals surface area (Å²) in [6.07, 6.45) is 0. The monoisotopic (exact) mass is 343 g/mol. The summed E-state index contributed by atoms with van der Waals surface area (Å²) in [5.41, 5.74) is 5.24. The van der Waals surface area contributed by atoms with Crippen LogP contribution in [0.15, 0.2) is 78.4 Å². The number of hydrogen-bond acceptors (Lipinski definition) is 2. The van der Waals surface area contributed by atoms with Crippen LogP contribution in [-0.4, -0.2) is 13.6 Å². The Kier molecular flexibility index (Phi) is 4.39. The minimum absolute atomic E-state index is 0.882. The van der Waals surface area contributed by atoms with Gasteiger partial charge >= 0.3 is 0 Å². The van der Waals surface area contributed by atoms with Gasteiger partial charge in [0.25, 0.3) is 0 Å². The molecule has 124 valence electrons. The van der Waals surface area contributed by atoms with Gasteiger partial charge in [-0.15, -0.1) is 11.3 Å². The number of benzene rings is 3. The number of rotatable bonds is 4. The van der Waals surface area contributed by atoms with Crippen LogP contribution in [0.4, 0.5) is 0 Å². The highest BCUT2D eigenvalue weighted by Crippen LogP contribution is 2.37. The van der Waals surface area contributed by atoms with Crippen molar-refractivity contribution in [2.45, 2.75) is 6.92 Å². The SMILES string of the molecule is CNCC(C)=C(c1ccccc1)c1ccc2sc3ccccc3c2c1. The zero-order valence-corrected chi connectivity index (χ0v) is 15.4. The zero-order chi connectivity index (χ0) is 17.2. The van der Waals surface area contributed by atoms with Crippen LogP contribution in [0.25, 0.3) is 25.7 Å². The van der Waals surface area contributed by atoms with Gasteiger partial charge in [-0.25, -0.2) is 0 Å². The van der Waals surface area contributed by atoms with Crippen LogP contribution in [-0.2, 0) is 0 Å². The molecule has 0 radical (unpaired) electrons. The fraction of sp³-hybridized carbons (Fsp3) is 0.130. The summed E-state index contributed by atoms with van der Waals surface area (Å²) in [5.74, 6) is 0. The van der Waals surface area contributed by atoms with E-state index in [0.717, 1.165) is 6.54 Å². The highest BCUT2D eigenvalue weighted by molar-refractivity contribution is 7.25. The molecular formula is C23H21NS. The summed E-state index contributed by atoms with van der Waals surface area (Å²) < 4.78 is 2.70. The van der Waals surface area contributed by atoms with Gasteiger partial charge in [0.1, 0.15) is 0 Å². The molecule has 3 aromatic carbocycles. The van der Waals surface area contributed by atoms with E-state index in [1.165, 1.54) is 42.4 Å². The van der Waals surface area contributed by atoms with Crippen LogP contribution in [0, 0.1) is 0 Å². The van der Waals surface area contributed by atoms with E-state index < -0.39 is 0 Å². The summed E-state index contributed by atoms with van der Waals surface area (Å²) in [5, 5.41) is 5.99. The second-order valence-corrected chi connectivity index (χ2v) is 7.44. The molecule has 0 spiro atoms. The highest BCUT2D eigenvalue weighted by atomic mass is 32.1. The molecule has 0 amide bonds. The van der Waals surface area contributed by atoms with E-state index in [2.05, 4.69) is 85.0 Å². The first kappa shape index (κ1) is 16.1. The molecule has 0 aliphatic rings. The van der Waals surface area contributed by atoms with E-state index in [1.807, 2.05) is 18.4 Å². The van der Waals surface area contributed by atoms with Crippen molar-refractivity contribution in [3.63, 3.8) is 0 Å². The Labute approximate surface area is 152 Å². The van der Waals surface area contributed by atoms with Gasteiger partial charge in [-0.3, -0.25) is 0 Å². The Morgan fingerprint density at radius 1 is 0.800 bits per heavy atom. The molecule has 0 fully saturated rings. The number of fused-ring (bicyclic) bond motifs is 3. The van der Waals surface area contributed by atoms with E-state index in [9.17, 15) is 0 Å². The summed E-state index contributed by atoms with van der Waals surface area (Å²) in [6, 6.07) is 26.3. The van der Waals surface area contributed by atoms with Crippen molar-refractivity contribution < 1.29 is 0 Å². The maximum atomic E-state index is 3.29. The predicted octanol–water partition coefficient (Wildman–Crippen LogP) is 6.10. The van der Waals surface area contributed by atoms with E-state index in [-0.39, 0.29) is 0 Å². The second-order valence-electron chi connectivity index (χ2n) is 6.36. The molecule has 0 atom stereocenters. The fourth-order valence-electron chi connectivity index (χ4n) is 3.50. The van der Waals surface area contributed by atoms with Gasteiger partial charge in [-0.2, -0.15) is 0 Å². The Bertz CT molecular complexity index is 1060. The van der Waals surface area contributed by atoms with Gasteiger partial charge in [0.2, 0.25) is 0 Å². The molecule has 0 saturated carbocycles. The van der Waals surface area contributed by atoms with Crippen molar-refractivity contribution in [2.24, 2.45) is 0 Å². The lowest BCUT2D eigenvalue weighted by molar-refractivity contribution is 0.882. The van der Waals surface area contributed by atoms with Crippen LogP contribution in [0.2, 0.25) is 0 Å². The van der Waals surface area contributed by atoms with Crippen LogP contribution < -0.4 is 5.32 Å². The molecule has 2 heteroatoms. The molecule has 0 aliphatic carbocycles. The van der Waals surface area contributed by atoms with Gasteiger partial charge < -0.3 is 5.32 Å². The van der Waals surface area contributed by atoms with Gasteiger partial charge in [-0.05, 0) is 48.9 Å². The maximum Gasteiger partial charge on any atom is 0.0355 e. The van der Waals surface area contributed by atoms with Crippen molar-refractivity contribution in [1.82, 2.24) is 5.32 Å². The Morgan fingerprint density at radius 2 is 1.52 bits per heavy atom. The third kappa shape index (κ3) is 2.99. The quantitative estimate of drug-likeness (QED) is 0.472. The molecule has 1 N–H and O–H groups in total. The summed E-state index contributed by atoms with van der Waals surface area (Å²) in [7, 11) is 2.00. The van der Waals surface area contributed by atoms with Crippen LogP contribution >= 0.6 is 11.3 Å². The molecular weight excluding hydrogens is 322 g/mol. The molecule has 4 rings (SSSR count). The van der Waals surface area contributed by atoms with Crippen molar-refractivity contribution in [3.8, 4) is 0 Å². The Hall–Kier alpha value is -2.42. The fourth-order valence-corrected chi connectivity index (χ4v) is 4.59. The smallest absolute Gasteiger partial charge is 0.0355 e. The topological polar surface area (TPSA) is 12.0 Å². The number of likely N-dealkylation sites (N-methyl/N-ethyl adjacent to an activating group) is 1. The first-order chi connectivity index (χ1) is 12.3. The Morgan fingerprint density at radius 3 is 2.32 bits per heavy atom.